The summed E-state index contributed by atoms with van der Waals surface area (Å²) in [6.07, 6.45) is -1.65. The van der Waals surface area contributed by atoms with Crippen LogP contribution < -0.4 is 20.7 Å². The topological polar surface area (TPSA) is 161 Å². The van der Waals surface area contributed by atoms with Crippen LogP contribution in [0.3, 0.4) is 0 Å². The fourth-order valence-electron chi connectivity index (χ4n) is 5.31. The van der Waals surface area contributed by atoms with Crippen LogP contribution in [0.15, 0.2) is 102 Å². The molecular formula is C36H34N4O8. The first-order valence-electron chi connectivity index (χ1n) is 15.3. The third-order valence-electron chi connectivity index (χ3n) is 7.73. The predicted octanol–water partition coefficient (Wildman–Crippen LogP) is 6.42. The van der Waals surface area contributed by atoms with Crippen LogP contribution in [0.25, 0.3) is 11.1 Å². The molecule has 0 saturated heterocycles. The minimum Gasteiger partial charge on any atom is -0.449 e. The van der Waals surface area contributed by atoms with E-state index in [2.05, 4.69) is 33.3 Å². The number of rotatable bonds is 12. The second-order valence-electron chi connectivity index (χ2n) is 11.4. The Balaban J connectivity index is 1.05. The largest absolute Gasteiger partial charge is 0.514 e. The van der Waals surface area contributed by atoms with Gasteiger partial charge in [0.2, 0.25) is 11.8 Å². The average Bonchev–Trinajstić information content (AvgIpc) is 3.42. The summed E-state index contributed by atoms with van der Waals surface area (Å²) < 4.78 is 15.7. The molecule has 1 unspecified atom stereocenters. The number of ether oxygens (including phenoxy) is 3. The molecule has 0 saturated carbocycles. The third-order valence-corrected chi connectivity index (χ3v) is 7.73. The van der Waals surface area contributed by atoms with Gasteiger partial charge in [0, 0.05) is 11.6 Å². The Morgan fingerprint density at radius 2 is 1.42 bits per heavy atom. The van der Waals surface area contributed by atoms with E-state index in [1.165, 1.54) is 24.3 Å². The Kier molecular flexibility index (Phi) is 10.8. The van der Waals surface area contributed by atoms with Crippen molar-refractivity contribution in [2.24, 2.45) is 11.1 Å². The number of nitroso groups, excluding NO2 is 1. The number of benzene rings is 4. The van der Waals surface area contributed by atoms with E-state index in [-0.39, 0.29) is 43.0 Å². The van der Waals surface area contributed by atoms with Crippen LogP contribution in [0.5, 0.6) is 5.75 Å². The number of alkyl carbamates (subject to hydrolysis) is 1. The van der Waals surface area contributed by atoms with Crippen molar-refractivity contribution >= 4 is 35.4 Å². The van der Waals surface area contributed by atoms with E-state index in [9.17, 15) is 24.1 Å². The van der Waals surface area contributed by atoms with Gasteiger partial charge in [-0.15, -0.1) is 4.91 Å². The number of fused-ring (bicyclic) bond motifs is 3. The van der Waals surface area contributed by atoms with Crippen LogP contribution in [-0.4, -0.2) is 43.3 Å². The van der Waals surface area contributed by atoms with E-state index in [1.54, 1.807) is 38.1 Å². The van der Waals surface area contributed by atoms with Gasteiger partial charge in [-0.1, -0.05) is 74.5 Å². The number of hydrogen-bond acceptors (Lipinski definition) is 9. The van der Waals surface area contributed by atoms with Crippen LogP contribution in [0.1, 0.15) is 36.5 Å². The molecule has 0 fully saturated rings. The molecular weight excluding hydrogens is 616 g/mol. The van der Waals surface area contributed by atoms with Gasteiger partial charge < -0.3 is 30.2 Å². The molecule has 1 aliphatic carbocycles. The summed E-state index contributed by atoms with van der Waals surface area (Å²) >= 11 is 0. The Morgan fingerprint density at radius 1 is 0.792 bits per heavy atom. The number of hydrogen-bond donors (Lipinski definition) is 3. The zero-order valence-corrected chi connectivity index (χ0v) is 26.3. The van der Waals surface area contributed by atoms with E-state index >= 15 is 0 Å². The molecule has 3 amide bonds. The van der Waals surface area contributed by atoms with Crippen LogP contribution in [-0.2, 0) is 25.7 Å². The summed E-state index contributed by atoms with van der Waals surface area (Å²) in [5.74, 6) is -1.19. The fraction of sp³-hybridized carbons (Fsp3) is 0.222. The Morgan fingerprint density at radius 3 is 2.02 bits per heavy atom. The molecule has 3 N–H and O–H groups in total. The van der Waals surface area contributed by atoms with Crippen LogP contribution in [0.2, 0.25) is 0 Å². The van der Waals surface area contributed by atoms with Gasteiger partial charge >= 0.3 is 12.2 Å². The first-order chi connectivity index (χ1) is 23.2. The molecule has 4 aromatic carbocycles. The van der Waals surface area contributed by atoms with Gasteiger partial charge in [-0.25, -0.2) is 9.59 Å². The second-order valence-corrected chi connectivity index (χ2v) is 11.4. The number of carbonyl (C=O) groups excluding carboxylic acids is 4. The van der Waals surface area contributed by atoms with Crippen molar-refractivity contribution in [2.45, 2.75) is 32.4 Å². The molecule has 0 aromatic heterocycles. The molecule has 5 rings (SSSR count). The van der Waals surface area contributed by atoms with Crippen molar-refractivity contribution in [1.29, 1.82) is 0 Å². The molecule has 1 aliphatic rings. The lowest BCUT2D eigenvalue weighted by molar-refractivity contribution is -0.126. The second kappa shape index (κ2) is 15.5. The lowest BCUT2D eigenvalue weighted by atomic mass is 9.98. The van der Waals surface area contributed by atoms with E-state index in [0.717, 1.165) is 22.3 Å². The van der Waals surface area contributed by atoms with Gasteiger partial charge in [0.25, 0.3) is 0 Å². The van der Waals surface area contributed by atoms with Crippen LogP contribution >= 0.6 is 0 Å². The average molecular weight is 651 g/mol. The van der Waals surface area contributed by atoms with Crippen molar-refractivity contribution in [1.82, 2.24) is 10.6 Å². The Bertz CT molecular complexity index is 1750. The molecule has 12 heteroatoms. The summed E-state index contributed by atoms with van der Waals surface area (Å²) in [5, 5.41) is 10.7. The predicted molar refractivity (Wildman–Crippen MR) is 178 cm³/mol. The maximum absolute atomic E-state index is 13.0. The highest BCUT2D eigenvalue weighted by Crippen LogP contribution is 2.44. The summed E-state index contributed by atoms with van der Waals surface area (Å²) in [5.41, 5.74) is 5.68. The van der Waals surface area contributed by atoms with E-state index in [1.807, 2.05) is 36.4 Å². The van der Waals surface area contributed by atoms with Gasteiger partial charge in [-0.05, 0) is 75.3 Å². The van der Waals surface area contributed by atoms with Crippen LogP contribution in [0.4, 0.5) is 21.0 Å². The van der Waals surface area contributed by atoms with E-state index in [4.69, 9.17) is 14.2 Å². The third kappa shape index (κ3) is 8.40. The summed E-state index contributed by atoms with van der Waals surface area (Å²) in [7, 11) is 0. The molecule has 12 nitrogen and oxygen atoms in total. The highest BCUT2D eigenvalue weighted by atomic mass is 16.7. The molecule has 246 valence electrons. The van der Waals surface area contributed by atoms with Gasteiger partial charge in [0.05, 0.1) is 6.54 Å². The zero-order chi connectivity index (χ0) is 34.0. The van der Waals surface area contributed by atoms with Crippen molar-refractivity contribution in [3.63, 3.8) is 0 Å². The maximum Gasteiger partial charge on any atom is 0.514 e. The number of nitrogens with zero attached hydrogens (tertiary/aromatic N) is 1. The van der Waals surface area contributed by atoms with Crippen molar-refractivity contribution in [3.8, 4) is 16.9 Å². The van der Waals surface area contributed by atoms with Crippen molar-refractivity contribution < 1.29 is 33.4 Å². The molecule has 0 bridgehead atoms. The molecule has 0 spiro atoms. The van der Waals surface area contributed by atoms with E-state index in [0.29, 0.717) is 11.3 Å². The number of carbonyl (C=O) groups is 4. The smallest absolute Gasteiger partial charge is 0.449 e. The van der Waals surface area contributed by atoms with Crippen molar-refractivity contribution in [3.05, 3.63) is 119 Å². The summed E-state index contributed by atoms with van der Waals surface area (Å²) in [6, 6.07) is 27.3. The molecule has 4 aromatic rings. The number of amides is 3. The monoisotopic (exact) mass is 650 g/mol. The molecule has 0 heterocycles. The van der Waals surface area contributed by atoms with Crippen molar-refractivity contribution in [2.75, 3.05) is 18.5 Å². The summed E-state index contributed by atoms with van der Waals surface area (Å²) in [4.78, 5) is 60.7. The van der Waals surface area contributed by atoms with Gasteiger partial charge in [-0.2, -0.15) is 0 Å². The zero-order valence-electron chi connectivity index (χ0n) is 26.3. The Hall–Kier alpha value is -6.04. The van der Waals surface area contributed by atoms with Crippen LogP contribution in [0, 0.1) is 10.8 Å². The van der Waals surface area contributed by atoms with Gasteiger partial charge in [0.15, 0.2) is 0 Å². The standard InChI is InChI=1S/C36H34N4O8/c1-22(2)33(39-35(43)46-21-31-29-9-5-3-7-27(29)28-8-4-6-10-30(28)31)34(42)37-19-32(41)38-24-13-11-23(12-14-24)20-47-36(44)48-26-17-15-25(40-45)16-18-26/h3-18,22,31,33H,19-21H2,1-2H3,(H,37,42)(H,38,41)(H,39,43). The quantitative estimate of drug-likeness (QED) is 0.0899. The Labute approximate surface area is 276 Å². The highest BCUT2D eigenvalue weighted by molar-refractivity contribution is 5.95. The number of nitrogens with one attached hydrogen (secondary N) is 3. The lowest BCUT2D eigenvalue weighted by Gasteiger charge is -2.22. The molecule has 0 radical (unpaired) electrons. The molecule has 1 atom stereocenters. The minimum atomic E-state index is -0.928. The number of anilines is 1. The lowest BCUT2D eigenvalue weighted by Crippen LogP contribution is -2.51. The molecule has 0 aliphatic heterocycles. The first-order valence-corrected chi connectivity index (χ1v) is 15.3. The normalized spacial score (nSPS) is 12.2. The van der Waals surface area contributed by atoms with Gasteiger partial charge in [0.1, 0.15) is 30.7 Å². The first kappa shape index (κ1) is 33.3. The summed E-state index contributed by atoms with van der Waals surface area (Å²) in [6.45, 7) is 3.27. The minimum absolute atomic E-state index is 0.0790. The highest BCUT2D eigenvalue weighted by Gasteiger charge is 2.30. The fourth-order valence-corrected chi connectivity index (χ4v) is 5.31. The SMILES string of the molecule is CC(C)C(NC(=O)OCC1c2ccccc2-c2ccccc21)C(=O)NCC(=O)Nc1ccc(COC(=O)Oc2ccc(N=O)cc2)cc1. The van der Waals surface area contributed by atoms with E-state index < -0.39 is 30.1 Å². The van der Waals surface area contributed by atoms with Gasteiger partial charge in [-0.3, -0.25) is 9.59 Å². The maximum atomic E-state index is 13.0. The molecule has 48 heavy (non-hydrogen) atoms.